The van der Waals surface area contributed by atoms with Crippen LogP contribution in [0, 0.1) is 12.3 Å². The van der Waals surface area contributed by atoms with Crippen molar-refractivity contribution < 1.29 is 4.79 Å². The lowest BCUT2D eigenvalue weighted by Crippen LogP contribution is -2.53. The quantitative estimate of drug-likeness (QED) is 0.887. The number of amides is 1. The van der Waals surface area contributed by atoms with Crippen LogP contribution in [0.25, 0.3) is 0 Å². The maximum Gasteiger partial charge on any atom is 0.238 e. The predicted molar refractivity (Wildman–Crippen MR) is 82.6 cm³/mol. The minimum absolute atomic E-state index is 0.0418. The Labute approximate surface area is 121 Å². The molecular formula is C16H25N3O. The smallest absolute Gasteiger partial charge is 0.238 e. The summed E-state index contributed by atoms with van der Waals surface area (Å²) in [6, 6.07) is 8.09. The minimum Gasteiger partial charge on any atom is -0.327 e. The van der Waals surface area contributed by atoms with E-state index in [9.17, 15) is 4.79 Å². The Balaban J connectivity index is 1.87. The van der Waals surface area contributed by atoms with Gasteiger partial charge in [-0.1, -0.05) is 31.5 Å². The Bertz CT molecular complexity index is 467. The number of nitrogens with zero attached hydrogens (tertiary/aromatic N) is 1. The standard InChI is InChI=1S/C16H25N3O/c1-12-4-6-13(7-5-12)18-15(20)10-19-9-8-14(17)16(2,3)11-19/h4-7,14H,8-11,17H2,1-3H3,(H,18,20). The van der Waals surface area contributed by atoms with Crippen molar-refractivity contribution in [3.8, 4) is 0 Å². The Morgan fingerprint density at radius 2 is 2.05 bits per heavy atom. The van der Waals surface area contributed by atoms with Crippen LogP contribution in [0.2, 0.25) is 0 Å². The molecule has 1 saturated heterocycles. The third-order valence-corrected chi connectivity index (χ3v) is 4.09. The van der Waals surface area contributed by atoms with E-state index in [4.69, 9.17) is 5.73 Å². The van der Waals surface area contributed by atoms with Gasteiger partial charge >= 0.3 is 0 Å². The normalized spacial score (nSPS) is 22.5. The van der Waals surface area contributed by atoms with Crippen LogP contribution in [0.15, 0.2) is 24.3 Å². The van der Waals surface area contributed by atoms with E-state index in [-0.39, 0.29) is 17.4 Å². The number of benzene rings is 1. The summed E-state index contributed by atoms with van der Waals surface area (Å²) in [5, 5.41) is 2.94. The summed E-state index contributed by atoms with van der Waals surface area (Å²) < 4.78 is 0. The largest absolute Gasteiger partial charge is 0.327 e. The van der Waals surface area contributed by atoms with Gasteiger partial charge in [0.1, 0.15) is 0 Å². The van der Waals surface area contributed by atoms with Crippen LogP contribution in [0.5, 0.6) is 0 Å². The molecule has 1 heterocycles. The Morgan fingerprint density at radius 1 is 1.40 bits per heavy atom. The van der Waals surface area contributed by atoms with Crippen LogP contribution in [-0.4, -0.2) is 36.5 Å². The zero-order valence-corrected chi connectivity index (χ0v) is 12.6. The van der Waals surface area contributed by atoms with Gasteiger partial charge in [0.05, 0.1) is 6.54 Å². The van der Waals surface area contributed by atoms with Crippen LogP contribution < -0.4 is 11.1 Å². The SMILES string of the molecule is Cc1ccc(NC(=O)CN2CCC(N)C(C)(C)C2)cc1. The van der Waals surface area contributed by atoms with E-state index in [0.717, 1.165) is 25.2 Å². The zero-order chi connectivity index (χ0) is 14.8. The second-order valence-electron chi connectivity index (χ2n) is 6.51. The highest BCUT2D eigenvalue weighted by Gasteiger charge is 2.33. The number of piperidine rings is 1. The Hall–Kier alpha value is -1.39. The summed E-state index contributed by atoms with van der Waals surface area (Å²) in [5.41, 5.74) is 8.23. The molecule has 0 aromatic heterocycles. The van der Waals surface area contributed by atoms with Gasteiger partial charge in [0, 0.05) is 24.8 Å². The lowest BCUT2D eigenvalue weighted by atomic mass is 9.80. The van der Waals surface area contributed by atoms with Crippen molar-refractivity contribution in [3.05, 3.63) is 29.8 Å². The van der Waals surface area contributed by atoms with Gasteiger partial charge in [0.15, 0.2) is 0 Å². The predicted octanol–water partition coefficient (Wildman–Crippen LogP) is 1.99. The fraction of sp³-hybridized carbons (Fsp3) is 0.562. The van der Waals surface area contributed by atoms with Crippen molar-refractivity contribution in [2.45, 2.75) is 33.2 Å². The average molecular weight is 275 g/mol. The van der Waals surface area contributed by atoms with E-state index in [1.54, 1.807) is 0 Å². The number of carbonyl (C=O) groups is 1. The molecule has 0 aliphatic carbocycles. The number of nitrogens with one attached hydrogen (secondary N) is 1. The van der Waals surface area contributed by atoms with Gasteiger partial charge in [-0.25, -0.2) is 0 Å². The van der Waals surface area contributed by atoms with Crippen molar-refractivity contribution in [2.75, 3.05) is 25.0 Å². The fourth-order valence-electron chi connectivity index (χ4n) is 2.66. The molecule has 0 saturated carbocycles. The van der Waals surface area contributed by atoms with Crippen molar-refractivity contribution in [1.29, 1.82) is 0 Å². The summed E-state index contributed by atoms with van der Waals surface area (Å²) >= 11 is 0. The molecule has 0 spiro atoms. The molecule has 110 valence electrons. The molecule has 1 aliphatic rings. The molecule has 4 heteroatoms. The number of rotatable bonds is 3. The molecule has 20 heavy (non-hydrogen) atoms. The Kier molecular flexibility index (Phi) is 4.45. The summed E-state index contributed by atoms with van der Waals surface area (Å²) in [6.45, 7) is 8.57. The maximum absolute atomic E-state index is 12.1. The molecule has 1 amide bonds. The second kappa shape index (κ2) is 5.94. The molecule has 1 aromatic rings. The van der Waals surface area contributed by atoms with Gasteiger partial charge in [0.25, 0.3) is 0 Å². The topological polar surface area (TPSA) is 58.4 Å². The van der Waals surface area contributed by atoms with Crippen LogP contribution in [0.4, 0.5) is 5.69 Å². The molecular weight excluding hydrogens is 250 g/mol. The molecule has 0 bridgehead atoms. The molecule has 0 radical (unpaired) electrons. The second-order valence-corrected chi connectivity index (χ2v) is 6.51. The molecule has 2 rings (SSSR count). The molecule has 1 aliphatic heterocycles. The van der Waals surface area contributed by atoms with Crippen molar-refractivity contribution >= 4 is 11.6 Å². The monoisotopic (exact) mass is 275 g/mol. The van der Waals surface area contributed by atoms with E-state index in [1.165, 1.54) is 5.56 Å². The summed E-state index contributed by atoms with van der Waals surface area (Å²) in [5.74, 6) is 0.0418. The lowest BCUT2D eigenvalue weighted by molar-refractivity contribution is -0.118. The number of anilines is 1. The molecule has 3 N–H and O–H groups in total. The highest BCUT2D eigenvalue weighted by molar-refractivity contribution is 5.92. The number of likely N-dealkylation sites (tertiary alicyclic amines) is 1. The third-order valence-electron chi connectivity index (χ3n) is 4.09. The minimum atomic E-state index is 0.0418. The third kappa shape index (κ3) is 3.81. The molecule has 1 unspecified atom stereocenters. The van der Waals surface area contributed by atoms with E-state index in [2.05, 4.69) is 24.1 Å². The first kappa shape index (κ1) is 15.0. The first-order chi connectivity index (χ1) is 9.37. The van der Waals surface area contributed by atoms with E-state index >= 15 is 0 Å². The highest BCUT2D eigenvalue weighted by atomic mass is 16.2. The highest BCUT2D eigenvalue weighted by Crippen LogP contribution is 2.27. The van der Waals surface area contributed by atoms with Crippen LogP contribution in [-0.2, 0) is 4.79 Å². The van der Waals surface area contributed by atoms with E-state index in [0.29, 0.717) is 6.54 Å². The Morgan fingerprint density at radius 3 is 2.65 bits per heavy atom. The van der Waals surface area contributed by atoms with Crippen molar-refractivity contribution in [3.63, 3.8) is 0 Å². The number of aryl methyl sites for hydroxylation is 1. The fourth-order valence-corrected chi connectivity index (χ4v) is 2.66. The first-order valence-corrected chi connectivity index (χ1v) is 7.21. The first-order valence-electron chi connectivity index (χ1n) is 7.21. The van der Waals surface area contributed by atoms with Gasteiger partial charge in [-0.3, -0.25) is 9.69 Å². The van der Waals surface area contributed by atoms with Gasteiger partial charge in [-0.05, 0) is 30.9 Å². The van der Waals surface area contributed by atoms with Gasteiger partial charge in [0.2, 0.25) is 5.91 Å². The summed E-state index contributed by atoms with van der Waals surface area (Å²) in [4.78, 5) is 14.3. The zero-order valence-electron chi connectivity index (χ0n) is 12.6. The summed E-state index contributed by atoms with van der Waals surface area (Å²) in [6.07, 6.45) is 0.949. The summed E-state index contributed by atoms with van der Waals surface area (Å²) in [7, 11) is 0. The molecule has 1 atom stereocenters. The lowest BCUT2D eigenvalue weighted by Gasteiger charge is -2.42. The molecule has 4 nitrogen and oxygen atoms in total. The van der Waals surface area contributed by atoms with Crippen molar-refractivity contribution in [1.82, 2.24) is 4.90 Å². The molecule has 1 fully saturated rings. The maximum atomic E-state index is 12.1. The number of nitrogens with two attached hydrogens (primary N) is 1. The molecule has 1 aromatic carbocycles. The number of hydrogen-bond donors (Lipinski definition) is 2. The number of carbonyl (C=O) groups excluding carboxylic acids is 1. The van der Waals surface area contributed by atoms with Crippen molar-refractivity contribution in [2.24, 2.45) is 11.1 Å². The van der Waals surface area contributed by atoms with E-state index < -0.39 is 0 Å². The van der Waals surface area contributed by atoms with Crippen LogP contribution in [0.1, 0.15) is 25.8 Å². The number of hydrogen-bond acceptors (Lipinski definition) is 3. The van der Waals surface area contributed by atoms with Crippen LogP contribution in [0.3, 0.4) is 0 Å². The van der Waals surface area contributed by atoms with Gasteiger partial charge in [-0.15, -0.1) is 0 Å². The van der Waals surface area contributed by atoms with Gasteiger partial charge in [-0.2, -0.15) is 0 Å². The van der Waals surface area contributed by atoms with E-state index in [1.807, 2.05) is 31.2 Å². The van der Waals surface area contributed by atoms with Gasteiger partial charge < -0.3 is 11.1 Å². The average Bonchev–Trinajstić information content (AvgIpc) is 2.36. The van der Waals surface area contributed by atoms with Crippen LogP contribution >= 0.6 is 0 Å².